The lowest BCUT2D eigenvalue weighted by Gasteiger charge is -2.51. The van der Waals surface area contributed by atoms with Gasteiger partial charge in [-0.2, -0.15) is 0 Å². The van der Waals surface area contributed by atoms with Crippen molar-refractivity contribution in [3.63, 3.8) is 0 Å². The van der Waals surface area contributed by atoms with Crippen LogP contribution in [0.5, 0.6) is 5.75 Å². The Morgan fingerprint density at radius 3 is 2.31 bits per heavy atom. The van der Waals surface area contributed by atoms with Crippen molar-refractivity contribution in [1.82, 2.24) is 23.9 Å². The van der Waals surface area contributed by atoms with Crippen molar-refractivity contribution < 1.29 is 14.3 Å². The molecule has 2 aliphatic heterocycles. The van der Waals surface area contributed by atoms with E-state index in [9.17, 15) is 9.59 Å². The summed E-state index contributed by atoms with van der Waals surface area (Å²) in [4.78, 5) is 37.3. The second kappa shape index (κ2) is 12.3. The van der Waals surface area contributed by atoms with Gasteiger partial charge in [0.05, 0.1) is 23.8 Å². The lowest BCUT2D eigenvalue weighted by atomic mass is 9.40. The Labute approximate surface area is 307 Å². The van der Waals surface area contributed by atoms with Crippen LogP contribution >= 0.6 is 0 Å². The van der Waals surface area contributed by atoms with Gasteiger partial charge in [-0.15, -0.1) is 0 Å². The highest BCUT2D eigenvalue weighted by molar-refractivity contribution is 6.64. The first-order chi connectivity index (χ1) is 24.1. The summed E-state index contributed by atoms with van der Waals surface area (Å²) in [7, 11) is 16.6. The fourth-order valence-corrected chi connectivity index (χ4v) is 9.93. The van der Waals surface area contributed by atoms with Gasteiger partial charge in [0.15, 0.2) is 5.82 Å². The number of methoxy groups -OCH3 is 1. The summed E-state index contributed by atoms with van der Waals surface area (Å²) in [5.41, 5.74) is 12.4. The Bertz CT molecular complexity index is 2030. The minimum absolute atomic E-state index is 0.0380. The predicted octanol–water partition coefficient (Wildman–Crippen LogP) is -1.09. The Morgan fingerprint density at radius 1 is 0.980 bits per heavy atom. The average Bonchev–Trinajstić information content (AvgIpc) is 3.70. The van der Waals surface area contributed by atoms with Gasteiger partial charge >= 0.3 is 0 Å². The first kappa shape index (κ1) is 34.6. The van der Waals surface area contributed by atoms with E-state index in [4.69, 9.17) is 15.5 Å². The molecule has 3 aliphatic carbocycles. The number of para-hydroxylation sites is 1. The standard InChI is InChI=1S/C36H50B6N6O3/c1-45-31-27(12-23(14-29(31)51-2)33(49)46-17-20-8-9-24(46)15-26(20)43)44-32(45)28-13-19-4-3-5-25(30(19)47(28)16-18-6-7-18)21-10-22(11-21)34(50)48(35(37,38)39)36(40,41)42/h3-5,12-14,18,20-22,24,26H,6-11,15-17,37-43H2,1-2H3/t20-,21?,22?,24-,26+/m1/s1. The second-order valence-electron chi connectivity index (χ2n) is 18.1. The lowest BCUT2D eigenvalue weighted by molar-refractivity contribution is -0.139. The molecule has 2 amide bonds. The normalized spacial score (nSPS) is 24.9. The molecule has 0 radical (unpaired) electrons. The maximum atomic E-state index is 14.0. The van der Waals surface area contributed by atoms with Crippen molar-refractivity contribution >= 4 is 80.8 Å². The summed E-state index contributed by atoms with van der Waals surface area (Å²) < 4.78 is 10.6. The highest BCUT2D eigenvalue weighted by Crippen LogP contribution is 2.47. The maximum absolute atomic E-state index is 14.0. The lowest BCUT2D eigenvalue weighted by Crippen LogP contribution is -2.67. The van der Waals surface area contributed by atoms with Crippen molar-refractivity contribution in [2.24, 2.45) is 30.5 Å². The molecule has 4 heterocycles. The molecule has 2 N–H and O–H groups in total. The number of nitrogens with two attached hydrogens (primary N) is 1. The van der Waals surface area contributed by atoms with Crippen LogP contribution in [-0.2, 0) is 18.4 Å². The molecule has 2 aromatic heterocycles. The number of piperidine rings is 2. The highest BCUT2D eigenvalue weighted by Gasteiger charge is 2.44. The third-order valence-electron chi connectivity index (χ3n) is 12.4. The Morgan fingerprint density at radius 2 is 1.71 bits per heavy atom. The zero-order chi connectivity index (χ0) is 36.1. The van der Waals surface area contributed by atoms with Crippen molar-refractivity contribution in [3.05, 3.63) is 47.5 Å². The fourth-order valence-electron chi connectivity index (χ4n) is 9.93. The minimum atomic E-state index is -0.238. The smallest absolute Gasteiger partial charge is 0.254 e. The molecule has 9 nitrogen and oxygen atoms in total. The van der Waals surface area contributed by atoms with Crippen molar-refractivity contribution in [1.29, 1.82) is 0 Å². The maximum Gasteiger partial charge on any atom is 0.254 e. The molecule has 2 bridgehead atoms. The van der Waals surface area contributed by atoms with Crippen LogP contribution in [0.1, 0.15) is 66.8 Å². The number of hydrogen-bond donors (Lipinski definition) is 1. The van der Waals surface area contributed by atoms with E-state index in [0.717, 1.165) is 67.7 Å². The van der Waals surface area contributed by atoms with E-state index in [1.807, 2.05) is 17.0 Å². The number of aromatic nitrogens is 3. The molecule has 0 unspecified atom stereocenters. The zero-order valence-corrected chi connectivity index (χ0v) is 31.8. The first-order valence-electron chi connectivity index (χ1n) is 19.2. The van der Waals surface area contributed by atoms with E-state index < -0.39 is 0 Å². The van der Waals surface area contributed by atoms with Crippen LogP contribution in [0.4, 0.5) is 0 Å². The van der Waals surface area contributed by atoms with Crippen molar-refractivity contribution in [2.75, 3.05) is 13.7 Å². The number of aryl methyl sites for hydroxylation is 1. The van der Waals surface area contributed by atoms with Gasteiger partial charge in [-0.3, -0.25) is 9.59 Å². The number of amides is 2. The SMILES string of the molecule is BC(B)(B)N(C(=O)C1CC(c2cccc3cc(-c4nc5cc(C(=O)N6C[C@H]7CC[C@@H]6C[C@@H]7N)cc(OC)c5n4C)n(CC4CC4)c23)C1)C(B)(B)B. The molecule has 15 heteroatoms. The molecule has 3 saturated carbocycles. The monoisotopic (exact) mass is 680 g/mol. The number of carbonyl (C=O) groups is 2. The number of imidazole rings is 1. The molecule has 51 heavy (non-hydrogen) atoms. The molecular weight excluding hydrogens is 629 g/mol. The number of rotatable bonds is 9. The van der Waals surface area contributed by atoms with Crippen LogP contribution in [0.15, 0.2) is 36.4 Å². The van der Waals surface area contributed by atoms with Gasteiger partial charge in [-0.1, -0.05) is 18.2 Å². The highest BCUT2D eigenvalue weighted by atomic mass is 16.5. The predicted molar refractivity (Wildman–Crippen MR) is 220 cm³/mol. The van der Waals surface area contributed by atoms with Crippen LogP contribution in [0, 0.1) is 17.8 Å². The molecule has 260 valence electrons. The summed E-state index contributed by atoms with van der Waals surface area (Å²) in [6.45, 7) is 1.67. The number of carbonyl (C=O) groups excluding carboxylic acids is 2. The Balaban J connectivity index is 1.15. The summed E-state index contributed by atoms with van der Waals surface area (Å²) >= 11 is 0. The number of fused-ring (bicyclic) bond motifs is 5. The van der Waals surface area contributed by atoms with E-state index in [2.05, 4.69) is 92.4 Å². The summed E-state index contributed by atoms with van der Waals surface area (Å²) in [5, 5.41) is 0.729. The first-order valence-corrected chi connectivity index (χ1v) is 19.2. The zero-order valence-electron chi connectivity index (χ0n) is 31.8. The summed E-state index contributed by atoms with van der Waals surface area (Å²) in [6.07, 6.45) is 7.22. The van der Waals surface area contributed by atoms with Gasteiger partial charge in [0.25, 0.3) is 5.91 Å². The van der Waals surface area contributed by atoms with Gasteiger partial charge in [0, 0.05) is 49.1 Å². The van der Waals surface area contributed by atoms with Crippen LogP contribution < -0.4 is 10.5 Å². The van der Waals surface area contributed by atoms with Crippen LogP contribution in [0.3, 0.4) is 0 Å². The second-order valence-corrected chi connectivity index (χ2v) is 18.1. The van der Waals surface area contributed by atoms with E-state index in [0.29, 0.717) is 29.1 Å². The topological polar surface area (TPSA) is 98.6 Å². The Hall–Kier alpha value is -3.46. The number of benzene rings is 2. The van der Waals surface area contributed by atoms with Crippen LogP contribution in [0.25, 0.3) is 33.5 Å². The Kier molecular flexibility index (Phi) is 8.36. The van der Waals surface area contributed by atoms with E-state index in [1.165, 1.54) is 29.3 Å². The van der Waals surface area contributed by atoms with Crippen molar-refractivity contribution in [3.8, 4) is 17.3 Å². The number of nitrogens with zero attached hydrogens (tertiary/aromatic N) is 5. The van der Waals surface area contributed by atoms with Gasteiger partial charge in [0.1, 0.15) is 58.3 Å². The van der Waals surface area contributed by atoms with Gasteiger partial charge in [0.2, 0.25) is 5.91 Å². The van der Waals surface area contributed by atoms with Gasteiger partial charge in [-0.05, 0) is 96.9 Å². The molecular formula is C36H50B6N6O3. The van der Waals surface area contributed by atoms with Gasteiger partial charge < -0.3 is 29.4 Å². The van der Waals surface area contributed by atoms with Crippen LogP contribution in [0.2, 0.25) is 0 Å². The third-order valence-corrected chi connectivity index (χ3v) is 12.4. The quantitative estimate of drug-likeness (QED) is 0.227. The molecule has 2 saturated heterocycles. The molecule has 2 aromatic carbocycles. The molecule has 4 aromatic rings. The molecule has 9 rings (SSSR count). The fraction of sp³-hybridized carbons (Fsp3) is 0.528. The number of ether oxygens (including phenoxy) is 1. The molecule has 0 spiro atoms. The molecule has 3 atom stereocenters. The summed E-state index contributed by atoms with van der Waals surface area (Å²) in [5.74, 6) is 3.23. The molecule has 5 fully saturated rings. The van der Waals surface area contributed by atoms with Crippen LogP contribution in [-0.4, -0.2) is 119 Å². The average molecular weight is 680 g/mol. The summed E-state index contributed by atoms with van der Waals surface area (Å²) in [6, 6.07) is 13.2. The number of hydrogen-bond acceptors (Lipinski definition) is 5. The van der Waals surface area contributed by atoms with E-state index in [-0.39, 0.29) is 40.3 Å². The van der Waals surface area contributed by atoms with Gasteiger partial charge in [-0.25, -0.2) is 4.98 Å². The molecule has 5 aliphatic rings. The third kappa shape index (κ3) is 5.95. The minimum Gasteiger partial charge on any atom is -0.494 e. The van der Waals surface area contributed by atoms with E-state index >= 15 is 0 Å². The van der Waals surface area contributed by atoms with E-state index in [1.54, 1.807) is 7.11 Å². The largest absolute Gasteiger partial charge is 0.494 e. The van der Waals surface area contributed by atoms with Crippen molar-refractivity contribution in [2.45, 2.75) is 80.0 Å².